The molecule has 0 aliphatic carbocycles. The van der Waals surface area contributed by atoms with Crippen molar-refractivity contribution in [1.29, 1.82) is 0 Å². The average Bonchev–Trinajstić information content (AvgIpc) is 2.75. The number of benzene rings is 2. The van der Waals surface area contributed by atoms with E-state index in [2.05, 4.69) is 0 Å². The summed E-state index contributed by atoms with van der Waals surface area (Å²) >= 11 is 0. The summed E-state index contributed by atoms with van der Waals surface area (Å²) in [6.07, 6.45) is 0.114. The lowest BCUT2D eigenvalue weighted by Crippen LogP contribution is -2.57. The van der Waals surface area contributed by atoms with Crippen LogP contribution in [-0.2, 0) is 19.4 Å². The molecule has 0 aromatic heterocycles. The molecular weight excluding hydrogens is 405 g/mol. The monoisotopic (exact) mass is 431 g/mol. The van der Waals surface area contributed by atoms with Crippen molar-refractivity contribution in [3.05, 3.63) is 54.6 Å². The number of carbonyl (C=O) groups is 1. The number of nitrogens with zero attached hydrogens (tertiary/aromatic N) is 1. The molecule has 2 aromatic rings. The van der Waals surface area contributed by atoms with Gasteiger partial charge in [-0.1, -0.05) is 18.2 Å². The molecule has 0 radical (unpaired) electrons. The quantitative estimate of drug-likeness (QED) is 0.532. The highest BCUT2D eigenvalue weighted by Crippen LogP contribution is 2.37. The molecule has 1 aliphatic rings. The zero-order valence-electron chi connectivity index (χ0n) is 17.2. The van der Waals surface area contributed by atoms with Crippen LogP contribution in [0.5, 0.6) is 11.5 Å². The van der Waals surface area contributed by atoms with Gasteiger partial charge in [-0.3, -0.25) is 4.79 Å². The fraction of sp³-hybridized carbons (Fsp3) is 0.381. The number of hydrogen-bond acceptors (Lipinski definition) is 7. The van der Waals surface area contributed by atoms with Crippen LogP contribution in [0.4, 0.5) is 0 Å². The number of sulfone groups is 1. The predicted molar refractivity (Wildman–Crippen MR) is 114 cm³/mol. The summed E-state index contributed by atoms with van der Waals surface area (Å²) < 4.78 is 36.3. The first-order valence-electron chi connectivity index (χ1n) is 9.97. The Kier molecular flexibility index (Phi) is 6.85. The molecule has 0 amide bonds. The smallest absolute Gasteiger partial charge is 0.376 e. The highest BCUT2D eigenvalue weighted by molar-refractivity contribution is 7.93. The van der Waals surface area contributed by atoms with Crippen molar-refractivity contribution in [2.75, 3.05) is 19.7 Å². The van der Waals surface area contributed by atoms with Crippen LogP contribution >= 0.6 is 0 Å². The zero-order chi connectivity index (χ0) is 21.8. The third kappa shape index (κ3) is 4.38. The fourth-order valence-electron chi connectivity index (χ4n) is 3.64. The molecular formula is C21H26BNO6S. The molecule has 3 rings (SSSR count). The van der Waals surface area contributed by atoms with Gasteiger partial charge in [-0.15, -0.1) is 0 Å². The molecule has 9 heteroatoms. The van der Waals surface area contributed by atoms with Crippen LogP contribution in [0.25, 0.3) is 0 Å². The van der Waals surface area contributed by atoms with Crippen LogP contribution < -0.4 is 4.74 Å². The Labute approximate surface area is 177 Å². The minimum absolute atomic E-state index is 0.0430. The topological polar surface area (TPSA) is 93.1 Å². The minimum Gasteiger partial charge on any atom is -0.465 e. The number of hydrogen-bond donors (Lipinski definition) is 1. The van der Waals surface area contributed by atoms with Crippen molar-refractivity contribution in [1.82, 2.24) is 4.81 Å². The van der Waals surface area contributed by atoms with Gasteiger partial charge in [-0.05, 0) is 76.1 Å². The third-order valence-corrected chi connectivity index (χ3v) is 7.91. The van der Waals surface area contributed by atoms with Gasteiger partial charge in [0.15, 0.2) is 14.6 Å². The van der Waals surface area contributed by atoms with Gasteiger partial charge in [-0.2, -0.15) is 0 Å². The van der Waals surface area contributed by atoms with Crippen LogP contribution in [0, 0.1) is 0 Å². The number of para-hydroxylation sites is 1. The van der Waals surface area contributed by atoms with Crippen molar-refractivity contribution in [3.8, 4) is 11.5 Å². The number of carbonyl (C=O) groups excluding carboxylic acids is 1. The molecule has 0 atom stereocenters. The van der Waals surface area contributed by atoms with Crippen LogP contribution in [0.15, 0.2) is 59.5 Å². The summed E-state index contributed by atoms with van der Waals surface area (Å²) in [4.78, 5) is 14.6. The first kappa shape index (κ1) is 22.3. The zero-order valence-corrected chi connectivity index (χ0v) is 18.0. The Morgan fingerprint density at radius 3 is 2.17 bits per heavy atom. The van der Waals surface area contributed by atoms with Crippen LogP contribution in [0.2, 0.25) is 6.82 Å². The second-order valence-electron chi connectivity index (χ2n) is 7.27. The SMILES string of the molecule is CCOC(=O)C1(S(=O)(=O)c2ccc(Oc3ccccc3)cc2)CCN(B(C)O)CC1. The van der Waals surface area contributed by atoms with Crippen molar-refractivity contribution in [2.24, 2.45) is 0 Å². The van der Waals surface area contributed by atoms with Crippen molar-refractivity contribution in [2.45, 2.75) is 36.2 Å². The van der Waals surface area contributed by atoms with Gasteiger partial charge in [0, 0.05) is 0 Å². The van der Waals surface area contributed by atoms with Gasteiger partial charge in [0.25, 0.3) is 0 Å². The summed E-state index contributed by atoms with van der Waals surface area (Å²) in [5.41, 5.74) is 0. The Hall–Kier alpha value is -2.36. The Morgan fingerprint density at radius 2 is 1.63 bits per heavy atom. The normalized spacial score (nSPS) is 16.6. The molecule has 1 heterocycles. The number of piperidine rings is 1. The van der Waals surface area contributed by atoms with Crippen LogP contribution in [-0.4, -0.2) is 55.7 Å². The van der Waals surface area contributed by atoms with Gasteiger partial charge in [0.1, 0.15) is 11.5 Å². The lowest BCUT2D eigenvalue weighted by atomic mass is 9.80. The Bertz CT molecular complexity index is 955. The van der Waals surface area contributed by atoms with Gasteiger partial charge < -0.3 is 19.3 Å². The number of ether oxygens (including phenoxy) is 2. The second kappa shape index (κ2) is 9.20. The van der Waals surface area contributed by atoms with E-state index in [9.17, 15) is 18.2 Å². The van der Waals surface area contributed by atoms with Gasteiger partial charge in [0.05, 0.1) is 11.5 Å². The van der Waals surface area contributed by atoms with Crippen molar-refractivity contribution in [3.63, 3.8) is 0 Å². The highest BCUT2D eigenvalue weighted by atomic mass is 32.2. The molecule has 0 unspecified atom stereocenters. The molecule has 160 valence electrons. The first-order valence-corrected chi connectivity index (χ1v) is 11.5. The molecule has 1 N–H and O–H groups in total. The van der Waals surface area contributed by atoms with E-state index < -0.39 is 27.6 Å². The third-order valence-electron chi connectivity index (χ3n) is 5.41. The van der Waals surface area contributed by atoms with Crippen LogP contribution in [0.3, 0.4) is 0 Å². The summed E-state index contributed by atoms with van der Waals surface area (Å²) in [5, 5.41) is 9.81. The second-order valence-corrected chi connectivity index (χ2v) is 9.53. The lowest BCUT2D eigenvalue weighted by Gasteiger charge is -2.39. The van der Waals surface area contributed by atoms with E-state index in [0.29, 0.717) is 11.5 Å². The molecule has 0 bridgehead atoms. The molecule has 0 spiro atoms. The lowest BCUT2D eigenvalue weighted by molar-refractivity contribution is -0.147. The standard InChI is InChI=1S/C21H26BNO6S/c1-3-28-20(24)21(13-15-23(16-14-21)22(2)25)30(26,27)19-11-9-18(10-12-19)29-17-7-5-4-6-8-17/h4-12,25H,3,13-16H2,1-2H3. The van der Waals surface area contributed by atoms with E-state index in [1.54, 1.807) is 42.8 Å². The van der Waals surface area contributed by atoms with Gasteiger partial charge in [-0.25, -0.2) is 8.42 Å². The summed E-state index contributed by atoms with van der Waals surface area (Å²) in [6.45, 7) is 3.94. The van der Waals surface area contributed by atoms with Crippen molar-refractivity contribution < 1.29 is 27.7 Å². The van der Waals surface area contributed by atoms with E-state index in [1.807, 2.05) is 18.2 Å². The molecule has 1 saturated heterocycles. The van der Waals surface area contributed by atoms with E-state index >= 15 is 0 Å². The summed E-state index contributed by atoms with van der Waals surface area (Å²) in [6, 6.07) is 15.2. The molecule has 0 saturated carbocycles. The Balaban J connectivity index is 1.88. The summed E-state index contributed by atoms with van der Waals surface area (Å²) in [5.74, 6) is 0.399. The van der Waals surface area contributed by atoms with Gasteiger partial charge >= 0.3 is 13.0 Å². The maximum Gasteiger partial charge on any atom is 0.376 e. The molecule has 1 aliphatic heterocycles. The highest BCUT2D eigenvalue weighted by Gasteiger charge is 2.54. The van der Waals surface area contributed by atoms with E-state index in [4.69, 9.17) is 9.47 Å². The largest absolute Gasteiger partial charge is 0.465 e. The Morgan fingerprint density at radius 1 is 1.07 bits per heavy atom. The van der Waals surface area contributed by atoms with E-state index in [1.165, 1.54) is 12.1 Å². The summed E-state index contributed by atoms with van der Waals surface area (Å²) in [7, 11) is -4.73. The van der Waals surface area contributed by atoms with E-state index in [-0.39, 0.29) is 37.4 Å². The predicted octanol–water partition coefficient (Wildman–Crippen LogP) is 2.76. The number of rotatable bonds is 7. The molecule has 30 heavy (non-hydrogen) atoms. The maximum absolute atomic E-state index is 13.5. The minimum atomic E-state index is -4.02. The maximum atomic E-state index is 13.5. The van der Waals surface area contributed by atoms with E-state index in [0.717, 1.165) is 0 Å². The number of esters is 1. The van der Waals surface area contributed by atoms with Gasteiger partial charge in [0.2, 0.25) is 0 Å². The molecule has 2 aromatic carbocycles. The van der Waals surface area contributed by atoms with Crippen LogP contribution in [0.1, 0.15) is 19.8 Å². The fourth-order valence-corrected chi connectivity index (χ4v) is 5.59. The first-order chi connectivity index (χ1) is 14.3. The van der Waals surface area contributed by atoms with Crippen molar-refractivity contribution >= 4 is 22.9 Å². The average molecular weight is 431 g/mol. The molecule has 1 fully saturated rings. The molecule has 7 nitrogen and oxygen atoms in total.